The standard InChI is InChI=1S/C20H19ClN4O4/c1-20(27,14-5-3-2-4-6-14)11-12-22-17-13-23-24(19(26)18(17)21)15-7-9-16(10-8-15)25(28)29/h2-10,13,22,27H,11-12H2,1H3. The van der Waals surface area contributed by atoms with Gasteiger partial charge in [0.1, 0.15) is 5.02 Å². The molecule has 0 radical (unpaired) electrons. The predicted molar refractivity (Wildman–Crippen MR) is 111 cm³/mol. The molecule has 0 spiro atoms. The lowest BCUT2D eigenvalue weighted by Gasteiger charge is -2.24. The average molecular weight is 415 g/mol. The number of hydrogen-bond acceptors (Lipinski definition) is 6. The molecule has 0 saturated carbocycles. The van der Waals surface area contributed by atoms with Gasteiger partial charge in [-0.05, 0) is 31.0 Å². The first-order chi connectivity index (χ1) is 13.8. The Balaban J connectivity index is 1.73. The van der Waals surface area contributed by atoms with E-state index in [4.69, 9.17) is 11.6 Å². The smallest absolute Gasteiger partial charge is 0.292 e. The number of nitrogens with zero attached hydrogens (tertiary/aromatic N) is 3. The average Bonchev–Trinajstić information content (AvgIpc) is 2.72. The van der Waals surface area contributed by atoms with Crippen molar-refractivity contribution in [2.75, 3.05) is 11.9 Å². The molecule has 3 aromatic rings. The summed E-state index contributed by atoms with van der Waals surface area (Å²) in [5.74, 6) is 0. The normalized spacial score (nSPS) is 12.9. The SMILES string of the molecule is CC(O)(CCNc1cnn(-c2ccc([N+](=O)[O-])cc2)c(=O)c1Cl)c1ccccc1. The zero-order chi connectivity index (χ0) is 21.0. The van der Waals surface area contributed by atoms with Crippen LogP contribution in [-0.2, 0) is 5.60 Å². The Labute approximate surface area is 171 Å². The van der Waals surface area contributed by atoms with Gasteiger partial charge in [-0.3, -0.25) is 14.9 Å². The maximum absolute atomic E-state index is 12.5. The number of rotatable bonds is 7. The number of aliphatic hydroxyl groups is 1. The Morgan fingerprint density at radius 1 is 1.21 bits per heavy atom. The first-order valence-electron chi connectivity index (χ1n) is 8.84. The zero-order valence-corrected chi connectivity index (χ0v) is 16.3. The lowest BCUT2D eigenvalue weighted by molar-refractivity contribution is -0.384. The summed E-state index contributed by atoms with van der Waals surface area (Å²) in [5.41, 5.74) is -0.182. The molecule has 0 fully saturated rings. The van der Waals surface area contributed by atoms with Crippen LogP contribution in [0.5, 0.6) is 0 Å². The van der Waals surface area contributed by atoms with Gasteiger partial charge in [0.15, 0.2) is 0 Å². The van der Waals surface area contributed by atoms with Crippen LogP contribution in [0.1, 0.15) is 18.9 Å². The molecule has 0 aliphatic rings. The molecule has 1 aromatic heterocycles. The maximum Gasteiger partial charge on any atom is 0.292 e. The second-order valence-corrected chi connectivity index (χ2v) is 7.06. The van der Waals surface area contributed by atoms with Gasteiger partial charge in [0, 0.05) is 18.7 Å². The van der Waals surface area contributed by atoms with Gasteiger partial charge in [0.2, 0.25) is 0 Å². The van der Waals surface area contributed by atoms with Crippen LogP contribution in [0, 0.1) is 10.1 Å². The quantitative estimate of drug-likeness (QED) is 0.452. The number of halogens is 1. The van der Waals surface area contributed by atoms with Gasteiger partial charge in [-0.1, -0.05) is 41.9 Å². The fourth-order valence-corrected chi connectivity index (χ4v) is 3.03. The van der Waals surface area contributed by atoms with Crippen molar-refractivity contribution in [3.05, 3.63) is 91.8 Å². The zero-order valence-electron chi connectivity index (χ0n) is 15.6. The summed E-state index contributed by atoms with van der Waals surface area (Å²) in [6.07, 6.45) is 1.79. The van der Waals surface area contributed by atoms with E-state index in [9.17, 15) is 20.0 Å². The van der Waals surface area contributed by atoms with Crippen LogP contribution >= 0.6 is 11.6 Å². The summed E-state index contributed by atoms with van der Waals surface area (Å²) < 4.78 is 1.07. The number of hydrogen-bond donors (Lipinski definition) is 2. The molecule has 9 heteroatoms. The molecule has 1 unspecified atom stereocenters. The highest BCUT2D eigenvalue weighted by Gasteiger charge is 2.22. The van der Waals surface area contributed by atoms with E-state index in [1.165, 1.54) is 30.5 Å². The largest absolute Gasteiger partial charge is 0.385 e. The molecule has 2 N–H and O–H groups in total. The van der Waals surface area contributed by atoms with Gasteiger partial charge in [-0.2, -0.15) is 9.78 Å². The monoisotopic (exact) mass is 414 g/mol. The fraction of sp³-hybridized carbons (Fsp3) is 0.200. The Bertz CT molecular complexity index is 1070. The molecule has 1 heterocycles. The van der Waals surface area contributed by atoms with Crippen LogP contribution in [0.2, 0.25) is 5.02 Å². The van der Waals surface area contributed by atoms with E-state index in [0.29, 0.717) is 24.3 Å². The van der Waals surface area contributed by atoms with Crippen LogP contribution in [0.3, 0.4) is 0 Å². The van der Waals surface area contributed by atoms with E-state index in [1.54, 1.807) is 6.92 Å². The molecule has 0 aliphatic carbocycles. The Hall–Kier alpha value is -3.23. The highest BCUT2D eigenvalue weighted by atomic mass is 35.5. The van der Waals surface area contributed by atoms with Crippen molar-refractivity contribution >= 4 is 23.0 Å². The summed E-state index contributed by atoms with van der Waals surface area (Å²) in [6, 6.07) is 14.7. The lowest BCUT2D eigenvalue weighted by atomic mass is 9.93. The van der Waals surface area contributed by atoms with Gasteiger partial charge in [0.05, 0.1) is 28.1 Å². The van der Waals surface area contributed by atoms with E-state index in [2.05, 4.69) is 10.4 Å². The maximum atomic E-state index is 12.5. The van der Waals surface area contributed by atoms with Crippen molar-refractivity contribution in [3.63, 3.8) is 0 Å². The lowest BCUT2D eigenvalue weighted by Crippen LogP contribution is -2.26. The van der Waals surface area contributed by atoms with Crippen LogP contribution in [0.15, 0.2) is 65.6 Å². The Kier molecular flexibility index (Phi) is 5.95. The first kappa shape index (κ1) is 20.5. The van der Waals surface area contributed by atoms with Crippen molar-refractivity contribution in [2.24, 2.45) is 0 Å². The number of benzene rings is 2. The summed E-state index contributed by atoms with van der Waals surface area (Å²) in [6.45, 7) is 2.08. The van der Waals surface area contributed by atoms with E-state index >= 15 is 0 Å². The van der Waals surface area contributed by atoms with Gasteiger partial charge >= 0.3 is 0 Å². The van der Waals surface area contributed by atoms with Gasteiger partial charge in [0.25, 0.3) is 11.2 Å². The van der Waals surface area contributed by atoms with Crippen molar-refractivity contribution in [3.8, 4) is 5.69 Å². The van der Waals surface area contributed by atoms with E-state index in [-0.39, 0.29) is 10.7 Å². The third-order valence-electron chi connectivity index (χ3n) is 4.55. The number of anilines is 1. The highest BCUT2D eigenvalue weighted by Crippen LogP contribution is 2.25. The predicted octanol–water partition coefficient (Wildman–Crippen LogP) is 3.50. The van der Waals surface area contributed by atoms with Crippen molar-refractivity contribution in [1.29, 1.82) is 0 Å². The topological polar surface area (TPSA) is 110 Å². The number of aromatic nitrogens is 2. The van der Waals surface area contributed by atoms with Gasteiger partial charge in [-0.25, -0.2) is 0 Å². The highest BCUT2D eigenvalue weighted by molar-refractivity contribution is 6.32. The van der Waals surface area contributed by atoms with Crippen LogP contribution in [0.4, 0.5) is 11.4 Å². The number of nitrogens with one attached hydrogen (secondary N) is 1. The third-order valence-corrected chi connectivity index (χ3v) is 4.91. The van der Waals surface area contributed by atoms with E-state index in [0.717, 1.165) is 10.2 Å². The summed E-state index contributed by atoms with van der Waals surface area (Å²) in [4.78, 5) is 22.8. The fourth-order valence-electron chi connectivity index (χ4n) is 2.84. The van der Waals surface area contributed by atoms with Crippen molar-refractivity contribution in [1.82, 2.24) is 9.78 Å². The summed E-state index contributed by atoms with van der Waals surface area (Å²) in [7, 11) is 0. The molecule has 0 saturated heterocycles. The summed E-state index contributed by atoms with van der Waals surface area (Å²) >= 11 is 6.19. The molecule has 3 rings (SSSR count). The molecule has 0 amide bonds. The molecule has 8 nitrogen and oxygen atoms in total. The second kappa shape index (κ2) is 8.42. The molecule has 29 heavy (non-hydrogen) atoms. The first-order valence-corrected chi connectivity index (χ1v) is 9.22. The number of non-ortho nitro benzene ring substituents is 1. The van der Waals surface area contributed by atoms with Crippen LogP contribution in [0.25, 0.3) is 5.69 Å². The Morgan fingerprint density at radius 2 is 1.86 bits per heavy atom. The van der Waals surface area contributed by atoms with Gasteiger partial charge in [-0.15, -0.1) is 0 Å². The van der Waals surface area contributed by atoms with Crippen LogP contribution in [-0.4, -0.2) is 26.4 Å². The molecule has 150 valence electrons. The van der Waals surface area contributed by atoms with Crippen LogP contribution < -0.4 is 10.9 Å². The van der Waals surface area contributed by atoms with E-state index in [1.807, 2.05) is 30.3 Å². The Morgan fingerprint density at radius 3 is 2.48 bits per heavy atom. The second-order valence-electron chi connectivity index (χ2n) is 6.68. The van der Waals surface area contributed by atoms with E-state index < -0.39 is 16.1 Å². The number of nitro groups is 1. The molecular formula is C20H19ClN4O4. The van der Waals surface area contributed by atoms with Gasteiger partial charge < -0.3 is 10.4 Å². The molecule has 2 aromatic carbocycles. The van der Waals surface area contributed by atoms with Crippen molar-refractivity contribution < 1.29 is 10.0 Å². The van der Waals surface area contributed by atoms with Crippen molar-refractivity contribution in [2.45, 2.75) is 18.9 Å². The minimum Gasteiger partial charge on any atom is -0.385 e. The molecule has 1 atom stereocenters. The minimum absolute atomic E-state index is 0.0577. The minimum atomic E-state index is -1.04. The third kappa shape index (κ3) is 4.61. The summed E-state index contributed by atoms with van der Waals surface area (Å²) in [5, 5.41) is 28.4. The number of nitro benzene ring substituents is 1. The molecule has 0 bridgehead atoms. The molecule has 0 aliphatic heterocycles. The molecular weight excluding hydrogens is 396 g/mol.